The van der Waals surface area contributed by atoms with Gasteiger partial charge in [-0.05, 0) is 37.3 Å². The Balaban J connectivity index is 2.21. The minimum Gasteiger partial charge on any atom is -0.388 e. The first-order chi connectivity index (χ1) is 9.90. The molecule has 0 bridgehead atoms. The second kappa shape index (κ2) is 6.81. The molecule has 3 N–H and O–H groups in total. The Morgan fingerprint density at radius 3 is 2.86 bits per heavy atom. The number of nitrogens with one attached hydrogen (secondary N) is 1. The topological polar surface area (TPSA) is 85.1 Å². The number of nitrogens with zero attached hydrogens (tertiary/aromatic N) is 1. The van der Waals surface area contributed by atoms with Crippen LogP contribution in [0.2, 0.25) is 0 Å². The quantitative estimate of drug-likeness (QED) is 0.652. The van der Waals surface area contributed by atoms with E-state index in [9.17, 15) is 8.42 Å². The van der Waals surface area contributed by atoms with Gasteiger partial charge in [-0.15, -0.1) is 0 Å². The number of rotatable bonds is 4. The molecule has 0 aromatic carbocycles. The van der Waals surface area contributed by atoms with Crippen LogP contribution in [0.4, 0.5) is 0 Å². The predicted octanol–water partition coefficient (Wildman–Crippen LogP) is 1.96. The van der Waals surface area contributed by atoms with Crippen molar-refractivity contribution in [2.45, 2.75) is 50.0 Å². The summed E-state index contributed by atoms with van der Waals surface area (Å²) in [7, 11) is -3.65. The van der Waals surface area contributed by atoms with Crippen molar-refractivity contribution in [1.29, 1.82) is 0 Å². The van der Waals surface area contributed by atoms with E-state index < -0.39 is 10.0 Å². The van der Waals surface area contributed by atoms with E-state index in [0.717, 1.165) is 32.1 Å². The summed E-state index contributed by atoms with van der Waals surface area (Å²) in [5.74, 6) is 0.657. The lowest BCUT2D eigenvalue weighted by Gasteiger charge is -2.17. The molecule has 1 fully saturated rings. The summed E-state index contributed by atoms with van der Waals surface area (Å²) in [6, 6.07) is 3.04. The summed E-state index contributed by atoms with van der Waals surface area (Å²) in [4.78, 5) is 4.04. The lowest BCUT2D eigenvalue weighted by molar-refractivity contribution is 0.484. The van der Waals surface area contributed by atoms with Gasteiger partial charge in [-0.3, -0.25) is 4.98 Å². The molecule has 21 heavy (non-hydrogen) atoms. The Hall–Kier alpha value is -1.05. The number of aromatic nitrogens is 1. The highest BCUT2D eigenvalue weighted by Crippen LogP contribution is 2.24. The maximum Gasteiger partial charge on any atom is 0.243 e. The summed E-state index contributed by atoms with van der Waals surface area (Å²) in [6.45, 7) is 2.21. The van der Waals surface area contributed by atoms with Gasteiger partial charge in [0.1, 0.15) is 15.6 Å². The summed E-state index contributed by atoms with van der Waals surface area (Å²) in [5, 5.41) is 0. The van der Waals surface area contributed by atoms with Crippen molar-refractivity contribution in [3.8, 4) is 0 Å². The van der Waals surface area contributed by atoms with E-state index in [1.165, 1.54) is 12.3 Å². The molecule has 7 heteroatoms. The van der Waals surface area contributed by atoms with Gasteiger partial charge >= 0.3 is 0 Å². The van der Waals surface area contributed by atoms with Gasteiger partial charge in [-0.2, -0.15) is 0 Å². The van der Waals surface area contributed by atoms with E-state index in [2.05, 4.69) is 16.6 Å². The number of hydrogen-bond acceptors (Lipinski definition) is 4. The van der Waals surface area contributed by atoms with Gasteiger partial charge < -0.3 is 5.73 Å². The van der Waals surface area contributed by atoms with Crippen LogP contribution < -0.4 is 10.5 Å². The highest BCUT2D eigenvalue weighted by atomic mass is 32.2. The third kappa shape index (κ3) is 4.21. The maximum atomic E-state index is 12.6. The molecule has 1 aromatic rings. The summed E-state index contributed by atoms with van der Waals surface area (Å²) >= 11 is 4.88. The summed E-state index contributed by atoms with van der Waals surface area (Å²) in [5.41, 5.74) is 5.72. The van der Waals surface area contributed by atoms with Crippen molar-refractivity contribution in [3.05, 3.63) is 24.0 Å². The Morgan fingerprint density at radius 2 is 2.14 bits per heavy atom. The van der Waals surface area contributed by atoms with E-state index >= 15 is 0 Å². The van der Waals surface area contributed by atoms with Gasteiger partial charge in [0.25, 0.3) is 0 Å². The van der Waals surface area contributed by atoms with Gasteiger partial charge in [0, 0.05) is 12.2 Å². The van der Waals surface area contributed by atoms with E-state index in [-0.39, 0.29) is 21.6 Å². The fourth-order valence-corrected chi connectivity index (χ4v) is 4.38. The lowest BCUT2D eigenvalue weighted by Crippen LogP contribution is -2.35. The van der Waals surface area contributed by atoms with Crippen LogP contribution in [0.1, 0.15) is 44.7 Å². The van der Waals surface area contributed by atoms with Crippen molar-refractivity contribution >= 4 is 27.2 Å². The SMILES string of the molecule is CC1CCCC(NS(=O)(=O)c2cccnc2C(N)=S)CC1. The molecular formula is C14H21N3O2S2. The number of sulfonamides is 1. The zero-order valence-corrected chi connectivity index (χ0v) is 13.7. The van der Waals surface area contributed by atoms with Crippen molar-refractivity contribution in [2.24, 2.45) is 11.7 Å². The second-order valence-electron chi connectivity index (χ2n) is 5.65. The Kier molecular flexibility index (Phi) is 5.29. The Morgan fingerprint density at radius 1 is 1.38 bits per heavy atom. The number of hydrogen-bond donors (Lipinski definition) is 2. The van der Waals surface area contributed by atoms with Crippen LogP contribution in [-0.4, -0.2) is 24.4 Å². The smallest absolute Gasteiger partial charge is 0.243 e. The molecule has 2 rings (SSSR count). The lowest BCUT2D eigenvalue weighted by atomic mass is 10.0. The fraction of sp³-hybridized carbons (Fsp3) is 0.571. The molecule has 0 amide bonds. The first-order valence-corrected chi connectivity index (χ1v) is 9.06. The third-order valence-corrected chi connectivity index (χ3v) is 5.62. The molecule has 0 radical (unpaired) electrons. The molecular weight excluding hydrogens is 306 g/mol. The molecule has 5 nitrogen and oxygen atoms in total. The normalized spacial score (nSPS) is 23.5. The number of thiocarbonyl (C=S) groups is 1. The van der Waals surface area contributed by atoms with Crippen molar-refractivity contribution in [2.75, 3.05) is 0 Å². The van der Waals surface area contributed by atoms with Crippen molar-refractivity contribution < 1.29 is 8.42 Å². The summed E-state index contributed by atoms with van der Waals surface area (Å²) < 4.78 is 27.9. The highest BCUT2D eigenvalue weighted by Gasteiger charge is 2.25. The van der Waals surface area contributed by atoms with E-state index in [4.69, 9.17) is 18.0 Å². The van der Waals surface area contributed by atoms with Crippen LogP contribution in [0, 0.1) is 5.92 Å². The van der Waals surface area contributed by atoms with Crippen LogP contribution in [0.5, 0.6) is 0 Å². The monoisotopic (exact) mass is 327 g/mol. The van der Waals surface area contributed by atoms with Gasteiger partial charge in [-0.25, -0.2) is 13.1 Å². The average Bonchev–Trinajstić information content (AvgIpc) is 2.63. The van der Waals surface area contributed by atoms with Gasteiger partial charge in [0.05, 0.1) is 0 Å². The molecule has 116 valence electrons. The van der Waals surface area contributed by atoms with Crippen LogP contribution in [0.25, 0.3) is 0 Å². The van der Waals surface area contributed by atoms with Crippen LogP contribution in [-0.2, 0) is 10.0 Å². The minimum absolute atomic E-state index is 0.00883. The second-order valence-corrected chi connectivity index (χ2v) is 7.77. The largest absolute Gasteiger partial charge is 0.388 e. The number of nitrogens with two attached hydrogens (primary N) is 1. The third-order valence-electron chi connectivity index (χ3n) is 3.87. The molecule has 1 aliphatic carbocycles. The molecule has 0 saturated heterocycles. The molecule has 1 heterocycles. The highest BCUT2D eigenvalue weighted by molar-refractivity contribution is 7.89. The Bertz CT molecular complexity index is 616. The van der Waals surface area contributed by atoms with E-state index in [1.807, 2.05) is 0 Å². The molecule has 0 spiro atoms. The fourth-order valence-electron chi connectivity index (χ4n) is 2.68. The molecule has 0 aliphatic heterocycles. The van der Waals surface area contributed by atoms with Crippen LogP contribution >= 0.6 is 12.2 Å². The first-order valence-electron chi connectivity index (χ1n) is 7.17. The maximum absolute atomic E-state index is 12.6. The van der Waals surface area contributed by atoms with Crippen LogP contribution in [0.15, 0.2) is 23.2 Å². The zero-order chi connectivity index (χ0) is 15.5. The standard InChI is InChI=1S/C14H21N3O2S2/c1-10-4-2-5-11(8-7-10)17-21(18,19)12-6-3-9-16-13(12)14(15)20/h3,6,9-11,17H,2,4-5,7-8H2,1H3,(H2,15,20). The van der Waals surface area contributed by atoms with Crippen molar-refractivity contribution in [3.63, 3.8) is 0 Å². The molecule has 1 aromatic heterocycles. The predicted molar refractivity (Wildman–Crippen MR) is 86.5 cm³/mol. The average molecular weight is 327 g/mol. The minimum atomic E-state index is -3.65. The molecule has 2 atom stereocenters. The van der Waals surface area contributed by atoms with Crippen LogP contribution in [0.3, 0.4) is 0 Å². The van der Waals surface area contributed by atoms with Gasteiger partial charge in [-0.1, -0.05) is 32.0 Å². The van der Waals surface area contributed by atoms with Gasteiger partial charge in [0.15, 0.2) is 0 Å². The summed E-state index contributed by atoms with van der Waals surface area (Å²) in [6.07, 6.45) is 6.46. The van der Waals surface area contributed by atoms with Crippen molar-refractivity contribution in [1.82, 2.24) is 9.71 Å². The number of pyridine rings is 1. The molecule has 1 aliphatic rings. The molecule has 2 unspecified atom stereocenters. The first kappa shape index (κ1) is 16.3. The van der Waals surface area contributed by atoms with E-state index in [0.29, 0.717) is 5.92 Å². The van der Waals surface area contributed by atoms with E-state index in [1.54, 1.807) is 6.07 Å². The van der Waals surface area contributed by atoms with Gasteiger partial charge in [0.2, 0.25) is 10.0 Å². The molecule has 1 saturated carbocycles. The Labute approximate surface area is 131 Å². The zero-order valence-electron chi connectivity index (χ0n) is 12.1.